The molecule has 1 heterocycles. The zero-order valence-electron chi connectivity index (χ0n) is 15.0. The van der Waals surface area contributed by atoms with Gasteiger partial charge in [-0.1, -0.05) is 33.4 Å². The Morgan fingerprint density at radius 1 is 1.31 bits per heavy atom. The van der Waals surface area contributed by atoms with Gasteiger partial charge in [0.15, 0.2) is 5.75 Å². The van der Waals surface area contributed by atoms with Crippen LogP contribution < -0.4 is 5.32 Å². The second-order valence-electron chi connectivity index (χ2n) is 8.47. The number of carbonyl (C=O) groups excluding carboxylic acids is 1. The van der Waals surface area contributed by atoms with Gasteiger partial charge in [-0.05, 0) is 61.0 Å². The standard InChI is InChI=1S/C21H26N2O2.CH4/c1-21(2)11-15-10-16(21)7-5-14(15)12-23-20(25)17-8-6-13-4-3-9-22-18(13)19(17)24;/h3-4,6,8-9,14-16,24H,5,7,10-12H2,1-2H3,(H,23,25);1H4/t14-,15?,16?;/m0./s1. The van der Waals surface area contributed by atoms with Crippen molar-refractivity contribution < 1.29 is 9.90 Å². The van der Waals surface area contributed by atoms with Gasteiger partial charge in [0, 0.05) is 18.1 Å². The minimum atomic E-state index is -0.204. The van der Waals surface area contributed by atoms with Crippen LogP contribution in [0.25, 0.3) is 10.9 Å². The molecule has 4 heteroatoms. The third-order valence-electron chi connectivity index (χ3n) is 6.55. The number of nitrogens with one attached hydrogen (secondary N) is 1. The van der Waals surface area contributed by atoms with Crippen LogP contribution in [0.15, 0.2) is 30.5 Å². The highest BCUT2D eigenvalue weighted by Crippen LogP contribution is 2.55. The summed E-state index contributed by atoms with van der Waals surface area (Å²) in [7, 11) is 0. The van der Waals surface area contributed by atoms with Gasteiger partial charge in [0.25, 0.3) is 5.91 Å². The first-order valence-corrected chi connectivity index (χ1v) is 9.30. The van der Waals surface area contributed by atoms with E-state index in [9.17, 15) is 9.90 Å². The molecule has 2 saturated carbocycles. The molecule has 2 N–H and O–H groups in total. The monoisotopic (exact) mass is 354 g/mol. The summed E-state index contributed by atoms with van der Waals surface area (Å²) in [6, 6.07) is 7.22. The summed E-state index contributed by atoms with van der Waals surface area (Å²) in [6.45, 7) is 5.48. The second-order valence-corrected chi connectivity index (χ2v) is 8.47. The van der Waals surface area contributed by atoms with Crippen LogP contribution >= 0.6 is 0 Å². The molecule has 0 saturated heterocycles. The quantitative estimate of drug-likeness (QED) is 0.834. The average Bonchev–Trinajstić information content (AvgIpc) is 2.84. The number of rotatable bonds is 3. The minimum Gasteiger partial charge on any atom is -0.505 e. The Bertz CT molecular complexity index is 815. The number of nitrogens with zero attached hydrogens (tertiary/aromatic N) is 1. The zero-order valence-corrected chi connectivity index (χ0v) is 15.0. The molecule has 140 valence electrons. The van der Waals surface area contributed by atoms with Gasteiger partial charge in [0.1, 0.15) is 5.52 Å². The van der Waals surface area contributed by atoms with Crippen molar-refractivity contribution in [3.63, 3.8) is 0 Å². The number of carbonyl (C=O) groups is 1. The summed E-state index contributed by atoms with van der Waals surface area (Å²) in [4.78, 5) is 16.8. The Balaban J connectivity index is 0.00000196. The molecule has 2 aliphatic carbocycles. The molecule has 2 fully saturated rings. The summed E-state index contributed by atoms with van der Waals surface area (Å²) < 4.78 is 0. The van der Waals surface area contributed by atoms with Crippen molar-refractivity contribution in [2.24, 2.45) is 23.2 Å². The van der Waals surface area contributed by atoms with Crippen LogP contribution in [0, 0.1) is 23.2 Å². The molecular weight excluding hydrogens is 324 g/mol. The van der Waals surface area contributed by atoms with Crippen molar-refractivity contribution in [1.82, 2.24) is 10.3 Å². The van der Waals surface area contributed by atoms with Crippen LogP contribution in [0.1, 0.15) is 57.3 Å². The number of fused-ring (bicyclic) bond motifs is 3. The summed E-state index contributed by atoms with van der Waals surface area (Å²) in [5.41, 5.74) is 1.24. The van der Waals surface area contributed by atoms with Gasteiger partial charge in [-0.3, -0.25) is 9.78 Å². The van der Waals surface area contributed by atoms with Crippen molar-refractivity contribution in [2.45, 2.75) is 47.0 Å². The van der Waals surface area contributed by atoms with Gasteiger partial charge in [-0.2, -0.15) is 0 Å². The van der Waals surface area contributed by atoms with E-state index in [0.717, 1.165) is 17.2 Å². The van der Waals surface area contributed by atoms with Crippen LogP contribution in [0.2, 0.25) is 0 Å². The fourth-order valence-corrected chi connectivity index (χ4v) is 5.03. The molecule has 4 rings (SSSR count). The molecular formula is C22H30N2O2. The third-order valence-corrected chi connectivity index (χ3v) is 6.55. The Morgan fingerprint density at radius 2 is 2.12 bits per heavy atom. The van der Waals surface area contributed by atoms with Crippen LogP contribution in [0.5, 0.6) is 5.75 Å². The van der Waals surface area contributed by atoms with Crippen LogP contribution in [0.4, 0.5) is 0 Å². The first-order valence-electron chi connectivity index (χ1n) is 9.30. The average molecular weight is 354 g/mol. The zero-order chi connectivity index (χ0) is 17.6. The Kier molecular flexibility index (Phi) is 4.96. The fraction of sp³-hybridized carbons (Fsp3) is 0.545. The van der Waals surface area contributed by atoms with Gasteiger partial charge < -0.3 is 10.4 Å². The van der Waals surface area contributed by atoms with Gasteiger partial charge in [-0.25, -0.2) is 0 Å². The summed E-state index contributed by atoms with van der Waals surface area (Å²) in [5.74, 6) is 1.90. The Morgan fingerprint density at radius 3 is 2.92 bits per heavy atom. The van der Waals surface area contributed by atoms with Crippen LogP contribution in [-0.2, 0) is 0 Å². The van der Waals surface area contributed by atoms with E-state index in [1.165, 1.54) is 25.7 Å². The Labute approximate surface area is 156 Å². The number of aromatic nitrogens is 1. The molecule has 0 spiro atoms. The molecule has 0 aliphatic heterocycles. The van der Waals surface area contributed by atoms with Gasteiger partial charge in [-0.15, -0.1) is 0 Å². The molecule has 4 nitrogen and oxygen atoms in total. The van der Waals surface area contributed by atoms with E-state index in [1.807, 2.05) is 18.2 Å². The molecule has 2 bridgehead atoms. The van der Waals surface area contributed by atoms with E-state index in [4.69, 9.17) is 0 Å². The lowest BCUT2D eigenvalue weighted by atomic mass is 9.77. The van der Waals surface area contributed by atoms with Gasteiger partial charge in [0.05, 0.1) is 5.56 Å². The lowest BCUT2D eigenvalue weighted by molar-refractivity contribution is 0.0933. The molecule has 26 heavy (non-hydrogen) atoms. The van der Waals surface area contributed by atoms with E-state index < -0.39 is 0 Å². The van der Waals surface area contributed by atoms with Crippen LogP contribution in [-0.4, -0.2) is 22.5 Å². The molecule has 0 radical (unpaired) electrons. The maximum atomic E-state index is 12.6. The highest BCUT2D eigenvalue weighted by molar-refractivity contribution is 6.02. The molecule has 2 aromatic rings. The molecule has 2 unspecified atom stereocenters. The van der Waals surface area contributed by atoms with E-state index in [2.05, 4.69) is 24.1 Å². The van der Waals surface area contributed by atoms with E-state index in [-0.39, 0.29) is 19.1 Å². The molecule has 1 aromatic carbocycles. The number of phenolic OH excluding ortho intramolecular Hbond substituents is 1. The lowest BCUT2D eigenvalue weighted by Gasteiger charge is -2.30. The van der Waals surface area contributed by atoms with Gasteiger partial charge >= 0.3 is 0 Å². The highest BCUT2D eigenvalue weighted by Gasteiger charge is 2.46. The maximum absolute atomic E-state index is 12.6. The molecule has 1 amide bonds. The minimum absolute atomic E-state index is 0. The Hall–Kier alpha value is -2.10. The molecule has 2 aliphatic rings. The normalized spacial score (nSPS) is 26.3. The lowest BCUT2D eigenvalue weighted by Crippen LogP contribution is -2.33. The molecule has 1 aromatic heterocycles. The van der Waals surface area contributed by atoms with Gasteiger partial charge in [0.2, 0.25) is 0 Å². The first kappa shape index (κ1) is 18.7. The highest BCUT2D eigenvalue weighted by atomic mass is 16.3. The summed E-state index contributed by atoms with van der Waals surface area (Å²) in [6.07, 6.45) is 6.67. The summed E-state index contributed by atoms with van der Waals surface area (Å²) >= 11 is 0. The number of pyridine rings is 1. The van der Waals surface area contributed by atoms with Crippen molar-refractivity contribution >= 4 is 16.8 Å². The molecule has 3 atom stereocenters. The van der Waals surface area contributed by atoms with Crippen molar-refractivity contribution in [3.05, 3.63) is 36.0 Å². The maximum Gasteiger partial charge on any atom is 0.255 e. The van der Waals surface area contributed by atoms with Crippen molar-refractivity contribution in [2.75, 3.05) is 6.54 Å². The predicted octanol–water partition coefficient (Wildman–Crippen LogP) is 4.77. The number of amides is 1. The fourth-order valence-electron chi connectivity index (χ4n) is 5.03. The van der Waals surface area contributed by atoms with E-state index in [0.29, 0.717) is 29.0 Å². The smallest absolute Gasteiger partial charge is 0.255 e. The predicted molar refractivity (Wildman–Crippen MR) is 105 cm³/mol. The number of benzene rings is 1. The summed E-state index contributed by atoms with van der Waals surface area (Å²) in [5, 5.41) is 14.3. The number of phenols is 1. The first-order chi connectivity index (χ1) is 12.0. The van der Waals surface area contributed by atoms with Crippen LogP contribution in [0.3, 0.4) is 0 Å². The second kappa shape index (κ2) is 6.90. The van der Waals surface area contributed by atoms with E-state index in [1.54, 1.807) is 12.3 Å². The van der Waals surface area contributed by atoms with Crippen molar-refractivity contribution in [3.8, 4) is 5.75 Å². The SMILES string of the molecule is C.CC1(C)CC2CC1CC[C@H]2CNC(=O)c1ccc2cccnc2c1O. The topological polar surface area (TPSA) is 62.2 Å². The third kappa shape index (κ3) is 3.17. The van der Waals surface area contributed by atoms with Crippen molar-refractivity contribution in [1.29, 1.82) is 0 Å². The number of aromatic hydroxyl groups is 1. The number of hydrogen-bond donors (Lipinski definition) is 2. The van der Waals surface area contributed by atoms with E-state index >= 15 is 0 Å². The largest absolute Gasteiger partial charge is 0.505 e. The number of hydrogen-bond acceptors (Lipinski definition) is 3.